The molecule has 0 atom stereocenters. The van der Waals surface area contributed by atoms with Crippen molar-refractivity contribution in [2.45, 2.75) is 19.9 Å². The SMILES string of the molecule is CCOC(=O)CCNCc1ccc(N)cc1. The van der Waals surface area contributed by atoms with E-state index in [0.717, 1.165) is 17.8 Å². The normalized spacial score (nSPS) is 10.1. The summed E-state index contributed by atoms with van der Waals surface area (Å²) < 4.78 is 4.81. The van der Waals surface area contributed by atoms with Gasteiger partial charge in [0.2, 0.25) is 0 Å². The van der Waals surface area contributed by atoms with Crippen LogP contribution in [0.25, 0.3) is 0 Å². The highest BCUT2D eigenvalue weighted by Crippen LogP contribution is 2.04. The second-order valence-electron chi connectivity index (χ2n) is 3.47. The van der Waals surface area contributed by atoms with E-state index in [0.29, 0.717) is 19.6 Å². The van der Waals surface area contributed by atoms with E-state index in [2.05, 4.69) is 5.32 Å². The fraction of sp³-hybridized carbons (Fsp3) is 0.417. The molecule has 4 nitrogen and oxygen atoms in total. The number of carbonyl (C=O) groups excluding carboxylic acids is 1. The van der Waals surface area contributed by atoms with Crippen molar-refractivity contribution in [3.63, 3.8) is 0 Å². The topological polar surface area (TPSA) is 64.3 Å². The molecule has 0 saturated heterocycles. The molecule has 0 aliphatic carbocycles. The van der Waals surface area contributed by atoms with Gasteiger partial charge in [0.25, 0.3) is 0 Å². The van der Waals surface area contributed by atoms with Gasteiger partial charge in [-0.1, -0.05) is 12.1 Å². The van der Waals surface area contributed by atoms with Crippen LogP contribution in [0.2, 0.25) is 0 Å². The molecule has 0 heterocycles. The Morgan fingerprint density at radius 3 is 2.69 bits per heavy atom. The zero-order valence-corrected chi connectivity index (χ0v) is 9.53. The number of carbonyl (C=O) groups is 1. The summed E-state index contributed by atoms with van der Waals surface area (Å²) in [6.07, 6.45) is 0.406. The fourth-order valence-corrected chi connectivity index (χ4v) is 1.29. The maximum Gasteiger partial charge on any atom is 0.307 e. The molecule has 0 spiro atoms. The molecule has 1 rings (SSSR count). The molecule has 16 heavy (non-hydrogen) atoms. The quantitative estimate of drug-likeness (QED) is 0.433. The van der Waals surface area contributed by atoms with E-state index in [1.54, 1.807) is 6.92 Å². The largest absolute Gasteiger partial charge is 0.466 e. The zero-order chi connectivity index (χ0) is 11.8. The summed E-state index contributed by atoms with van der Waals surface area (Å²) in [6, 6.07) is 7.66. The van der Waals surface area contributed by atoms with Crippen LogP contribution in [0.5, 0.6) is 0 Å². The van der Waals surface area contributed by atoms with Gasteiger partial charge < -0.3 is 15.8 Å². The first-order valence-corrected chi connectivity index (χ1v) is 5.43. The Balaban J connectivity index is 2.16. The molecule has 0 aliphatic rings. The van der Waals surface area contributed by atoms with Crippen LogP contribution < -0.4 is 11.1 Å². The number of rotatable bonds is 6. The Bertz CT molecular complexity index is 322. The van der Waals surface area contributed by atoms with E-state index >= 15 is 0 Å². The minimum atomic E-state index is -0.160. The van der Waals surface area contributed by atoms with E-state index in [-0.39, 0.29) is 5.97 Å². The number of nitrogens with two attached hydrogens (primary N) is 1. The van der Waals surface area contributed by atoms with Gasteiger partial charge in [-0.25, -0.2) is 0 Å². The summed E-state index contributed by atoms with van der Waals surface area (Å²) in [7, 11) is 0. The number of benzene rings is 1. The molecule has 0 amide bonds. The maximum atomic E-state index is 11.0. The second-order valence-corrected chi connectivity index (χ2v) is 3.47. The Labute approximate surface area is 95.8 Å². The summed E-state index contributed by atoms with van der Waals surface area (Å²) in [5, 5.41) is 3.17. The van der Waals surface area contributed by atoms with E-state index in [9.17, 15) is 4.79 Å². The zero-order valence-electron chi connectivity index (χ0n) is 9.53. The molecule has 1 aromatic carbocycles. The standard InChI is InChI=1S/C12H18N2O2/c1-2-16-12(15)7-8-14-9-10-3-5-11(13)6-4-10/h3-6,14H,2,7-9,13H2,1H3. The van der Waals surface area contributed by atoms with Gasteiger partial charge >= 0.3 is 5.97 Å². The average molecular weight is 222 g/mol. The summed E-state index contributed by atoms with van der Waals surface area (Å²) in [6.45, 7) is 3.61. The predicted octanol–water partition coefficient (Wildman–Crippen LogP) is 1.31. The minimum Gasteiger partial charge on any atom is -0.466 e. The van der Waals surface area contributed by atoms with Crippen LogP contribution in [-0.2, 0) is 16.1 Å². The molecule has 88 valence electrons. The van der Waals surface area contributed by atoms with Crippen LogP contribution in [-0.4, -0.2) is 19.1 Å². The third-order valence-electron chi connectivity index (χ3n) is 2.12. The van der Waals surface area contributed by atoms with Crippen molar-refractivity contribution in [2.24, 2.45) is 0 Å². The highest BCUT2D eigenvalue weighted by molar-refractivity contribution is 5.69. The predicted molar refractivity (Wildman–Crippen MR) is 63.8 cm³/mol. The lowest BCUT2D eigenvalue weighted by atomic mass is 10.2. The molecule has 0 unspecified atom stereocenters. The van der Waals surface area contributed by atoms with Crippen molar-refractivity contribution in [2.75, 3.05) is 18.9 Å². The lowest BCUT2D eigenvalue weighted by molar-refractivity contribution is -0.142. The Hall–Kier alpha value is -1.55. The molecule has 0 radical (unpaired) electrons. The number of nitrogen functional groups attached to an aromatic ring is 1. The number of anilines is 1. The number of ether oxygens (including phenoxy) is 1. The molecule has 1 aromatic rings. The van der Waals surface area contributed by atoms with Gasteiger partial charge in [-0.15, -0.1) is 0 Å². The van der Waals surface area contributed by atoms with Gasteiger partial charge in [-0.05, 0) is 24.6 Å². The second kappa shape index (κ2) is 6.85. The smallest absolute Gasteiger partial charge is 0.307 e. The minimum absolute atomic E-state index is 0.160. The Morgan fingerprint density at radius 2 is 2.06 bits per heavy atom. The number of esters is 1. The van der Waals surface area contributed by atoms with Crippen LogP contribution in [0.3, 0.4) is 0 Å². The summed E-state index contributed by atoms with van der Waals surface area (Å²) in [5.41, 5.74) is 7.48. The first kappa shape index (κ1) is 12.5. The molecule has 0 aromatic heterocycles. The molecule has 3 N–H and O–H groups in total. The molecule has 0 aliphatic heterocycles. The van der Waals surface area contributed by atoms with Crippen LogP contribution in [0.1, 0.15) is 18.9 Å². The third kappa shape index (κ3) is 4.79. The lowest BCUT2D eigenvalue weighted by Crippen LogP contribution is -2.19. The van der Waals surface area contributed by atoms with Crippen molar-refractivity contribution in [1.82, 2.24) is 5.32 Å². The number of hydrogen-bond donors (Lipinski definition) is 2. The van der Waals surface area contributed by atoms with Gasteiger partial charge in [0.15, 0.2) is 0 Å². The van der Waals surface area contributed by atoms with Crippen molar-refractivity contribution >= 4 is 11.7 Å². The molecule has 0 bridgehead atoms. The molecule has 4 heteroatoms. The molecule has 0 saturated carbocycles. The summed E-state index contributed by atoms with van der Waals surface area (Å²) in [4.78, 5) is 11.0. The van der Waals surface area contributed by atoms with Crippen LogP contribution >= 0.6 is 0 Å². The van der Waals surface area contributed by atoms with Gasteiger partial charge in [0.1, 0.15) is 0 Å². The van der Waals surface area contributed by atoms with Gasteiger partial charge in [-0.3, -0.25) is 4.79 Å². The van der Waals surface area contributed by atoms with E-state index in [1.807, 2.05) is 24.3 Å². The monoisotopic (exact) mass is 222 g/mol. The van der Waals surface area contributed by atoms with Crippen LogP contribution in [0.15, 0.2) is 24.3 Å². The summed E-state index contributed by atoms with van der Waals surface area (Å²) >= 11 is 0. The van der Waals surface area contributed by atoms with Gasteiger partial charge in [0.05, 0.1) is 13.0 Å². The Kier molecular flexibility index (Phi) is 5.36. The van der Waals surface area contributed by atoms with E-state index in [4.69, 9.17) is 10.5 Å². The van der Waals surface area contributed by atoms with Crippen molar-refractivity contribution in [3.8, 4) is 0 Å². The van der Waals surface area contributed by atoms with Crippen molar-refractivity contribution < 1.29 is 9.53 Å². The van der Waals surface area contributed by atoms with E-state index in [1.165, 1.54) is 0 Å². The highest BCUT2D eigenvalue weighted by Gasteiger charge is 2.00. The summed E-state index contributed by atoms with van der Waals surface area (Å²) in [5.74, 6) is -0.160. The Morgan fingerprint density at radius 1 is 1.38 bits per heavy atom. The van der Waals surface area contributed by atoms with Crippen molar-refractivity contribution in [3.05, 3.63) is 29.8 Å². The number of hydrogen-bond acceptors (Lipinski definition) is 4. The van der Waals surface area contributed by atoms with Crippen LogP contribution in [0, 0.1) is 0 Å². The highest BCUT2D eigenvalue weighted by atomic mass is 16.5. The molecular formula is C12H18N2O2. The maximum absolute atomic E-state index is 11.0. The number of nitrogens with one attached hydrogen (secondary N) is 1. The van der Waals surface area contributed by atoms with Crippen molar-refractivity contribution in [1.29, 1.82) is 0 Å². The first-order valence-electron chi connectivity index (χ1n) is 5.43. The lowest BCUT2D eigenvalue weighted by Gasteiger charge is -2.05. The molecule has 0 fully saturated rings. The fourth-order valence-electron chi connectivity index (χ4n) is 1.29. The van der Waals surface area contributed by atoms with Crippen LogP contribution in [0.4, 0.5) is 5.69 Å². The average Bonchev–Trinajstić information content (AvgIpc) is 2.27. The van der Waals surface area contributed by atoms with E-state index < -0.39 is 0 Å². The molecular weight excluding hydrogens is 204 g/mol. The van der Waals surface area contributed by atoms with Gasteiger partial charge in [-0.2, -0.15) is 0 Å². The third-order valence-corrected chi connectivity index (χ3v) is 2.12. The van der Waals surface area contributed by atoms with Gasteiger partial charge in [0, 0.05) is 18.8 Å². The first-order chi connectivity index (χ1) is 7.72.